The number of carbonyl (C=O) groups is 2. The lowest BCUT2D eigenvalue weighted by Crippen LogP contribution is -2.23. The maximum Gasteiger partial charge on any atom is 0.266 e. The molecule has 8 nitrogen and oxygen atoms in total. The van der Waals surface area contributed by atoms with Crippen LogP contribution in [0.25, 0.3) is 11.3 Å². The number of amides is 2. The van der Waals surface area contributed by atoms with E-state index >= 15 is 0 Å². The van der Waals surface area contributed by atoms with Crippen LogP contribution in [0.3, 0.4) is 0 Å². The molecule has 9 heteroatoms. The van der Waals surface area contributed by atoms with Crippen molar-refractivity contribution in [1.29, 1.82) is 5.26 Å². The summed E-state index contributed by atoms with van der Waals surface area (Å²) in [7, 11) is 0. The van der Waals surface area contributed by atoms with Crippen molar-refractivity contribution in [3.05, 3.63) is 67.9 Å². The third kappa shape index (κ3) is 5.73. The van der Waals surface area contributed by atoms with Crippen molar-refractivity contribution in [3.63, 3.8) is 0 Å². The number of benzene rings is 1. The van der Waals surface area contributed by atoms with Crippen LogP contribution < -0.4 is 16.2 Å². The van der Waals surface area contributed by atoms with Gasteiger partial charge in [0, 0.05) is 30.0 Å². The maximum absolute atomic E-state index is 12.5. The molecule has 0 aliphatic carbocycles. The molecule has 3 rings (SSSR count). The van der Waals surface area contributed by atoms with Gasteiger partial charge < -0.3 is 15.6 Å². The minimum Gasteiger partial charge on any atom is -0.350 e. The van der Waals surface area contributed by atoms with Gasteiger partial charge in [0.25, 0.3) is 5.56 Å². The highest BCUT2D eigenvalue weighted by Crippen LogP contribution is 2.26. The molecular weight excluding hydrogens is 438 g/mol. The first-order valence-corrected chi connectivity index (χ1v) is 11.3. The summed E-state index contributed by atoms with van der Waals surface area (Å²) in [4.78, 5) is 42.7. The molecule has 170 valence electrons. The zero-order valence-electron chi connectivity index (χ0n) is 18.9. The first-order chi connectivity index (χ1) is 15.7. The Labute approximate surface area is 195 Å². The van der Waals surface area contributed by atoms with Gasteiger partial charge in [0.1, 0.15) is 11.6 Å². The van der Waals surface area contributed by atoms with Gasteiger partial charge in [0.05, 0.1) is 11.7 Å². The average molecular weight is 464 g/mol. The molecule has 2 amide bonds. The summed E-state index contributed by atoms with van der Waals surface area (Å²) in [5, 5.41) is 17.2. The number of carbonyl (C=O) groups excluding carboxylic acids is 2. The fraction of sp³-hybridized carbons (Fsp3) is 0.292. The van der Waals surface area contributed by atoms with Gasteiger partial charge in [0.15, 0.2) is 5.13 Å². The molecule has 33 heavy (non-hydrogen) atoms. The molecule has 2 heterocycles. The summed E-state index contributed by atoms with van der Waals surface area (Å²) >= 11 is 1.34. The number of pyridine rings is 1. The van der Waals surface area contributed by atoms with E-state index in [0.29, 0.717) is 22.8 Å². The van der Waals surface area contributed by atoms with E-state index in [4.69, 9.17) is 0 Å². The summed E-state index contributed by atoms with van der Waals surface area (Å²) in [5.41, 5.74) is 4.40. The molecule has 0 aliphatic heterocycles. The molecule has 3 N–H and O–H groups in total. The zero-order valence-corrected chi connectivity index (χ0v) is 19.7. The van der Waals surface area contributed by atoms with E-state index in [1.54, 1.807) is 13.8 Å². The van der Waals surface area contributed by atoms with Crippen molar-refractivity contribution >= 4 is 28.3 Å². The molecule has 0 bridgehead atoms. The highest BCUT2D eigenvalue weighted by atomic mass is 32.1. The van der Waals surface area contributed by atoms with Crippen molar-refractivity contribution in [2.45, 2.75) is 46.6 Å². The third-order valence-electron chi connectivity index (χ3n) is 5.40. The van der Waals surface area contributed by atoms with Gasteiger partial charge in [-0.15, -0.1) is 11.3 Å². The molecule has 0 radical (unpaired) electrons. The van der Waals surface area contributed by atoms with E-state index in [0.717, 1.165) is 22.4 Å². The number of rotatable bonds is 7. The minimum atomic E-state index is -0.409. The van der Waals surface area contributed by atoms with Gasteiger partial charge in [-0.1, -0.05) is 24.3 Å². The summed E-state index contributed by atoms with van der Waals surface area (Å²) in [6.45, 7) is 6.90. The molecule has 1 aromatic carbocycles. The van der Waals surface area contributed by atoms with Crippen molar-refractivity contribution < 1.29 is 9.59 Å². The monoisotopic (exact) mass is 463 g/mol. The Hall–Kier alpha value is -3.77. The predicted molar refractivity (Wildman–Crippen MR) is 128 cm³/mol. The molecule has 3 aromatic rings. The number of aryl methyl sites for hydroxylation is 1. The molecule has 0 spiro atoms. The Kier molecular flexibility index (Phi) is 7.41. The van der Waals surface area contributed by atoms with Gasteiger partial charge in [-0.05, 0) is 43.9 Å². The van der Waals surface area contributed by atoms with E-state index in [1.807, 2.05) is 42.6 Å². The van der Waals surface area contributed by atoms with Crippen LogP contribution in [-0.2, 0) is 16.0 Å². The first-order valence-electron chi connectivity index (χ1n) is 10.4. The van der Waals surface area contributed by atoms with Crippen LogP contribution in [0.2, 0.25) is 0 Å². The summed E-state index contributed by atoms with van der Waals surface area (Å²) < 4.78 is 0. The Morgan fingerprint density at radius 1 is 1.24 bits per heavy atom. The smallest absolute Gasteiger partial charge is 0.266 e. The topological polar surface area (TPSA) is 128 Å². The largest absolute Gasteiger partial charge is 0.350 e. The van der Waals surface area contributed by atoms with E-state index < -0.39 is 5.56 Å². The van der Waals surface area contributed by atoms with Crippen LogP contribution in [-0.4, -0.2) is 21.8 Å². The molecule has 1 atom stereocenters. The van der Waals surface area contributed by atoms with E-state index in [-0.39, 0.29) is 29.8 Å². The van der Waals surface area contributed by atoms with Gasteiger partial charge in [-0.2, -0.15) is 5.26 Å². The van der Waals surface area contributed by atoms with Crippen molar-refractivity contribution in [2.75, 3.05) is 5.32 Å². The molecule has 2 aromatic heterocycles. The molecular formula is C24H25N5O3S. The number of hydrogen-bond donors (Lipinski definition) is 3. The number of thiazole rings is 1. The lowest BCUT2D eigenvalue weighted by molar-refractivity contribution is -0.119. The van der Waals surface area contributed by atoms with Crippen LogP contribution in [0.5, 0.6) is 0 Å². The highest BCUT2D eigenvalue weighted by molar-refractivity contribution is 7.14. The van der Waals surface area contributed by atoms with Gasteiger partial charge in [-0.25, -0.2) is 4.98 Å². The van der Waals surface area contributed by atoms with Crippen LogP contribution in [0, 0.1) is 25.2 Å². The molecule has 0 fully saturated rings. The standard InChI is InChI=1S/C24H25N5O3S/c1-13-19(15(3)27-23(32)20(13)11-25)9-10-22(31)29-24-28-21(12-33-24)18-7-5-17(6-8-18)14(2)26-16(4)30/h5-8,12,14H,9-10H2,1-4H3,(H,26,30)(H,27,32)(H,28,29,31). The minimum absolute atomic E-state index is 0.0807. The van der Waals surface area contributed by atoms with E-state index in [1.165, 1.54) is 18.3 Å². The quantitative estimate of drug-likeness (QED) is 0.492. The van der Waals surface area contributed by atoms with Gasteiger partial charge in [0.2, 0.25) is 11.8 Å². The van der Waals surface area contributed by atoms with Crippen LogP contribution in [0.15, 0.2) is 34.4 Å². The van der Waals surface area contributed by atoms with Crippen molar-refractivity contribution in [1.82, 2.24) is 15.3 Å². The first kappa shape index (κ1) is 23.9. The number of nitrogens with zero attached hydrogens (tertiary/aromatic N) is 2. The Morgan fingerprint density at radius 3 is 2.58 bits per heavy atom. The number of nitrogens with one attached hydrogen (secondary N) is 3. The number of anilines is 1. The highest BCUT2D eigenvalue weighted by Gasteiger charge is 2.15. The van der Waals surface area contributed by atoms with E-state index in [2.05, 4.69) is 20.6 Å². The summed E-state index contributed by atoms with van der Waals surface area (Å²) in [6, 6.07) is 9.59. The number of hydrogen-bond acceptors (Lipinski definition) is 6. The Balaban J connectivity index is 1.63. The Morgan fingerprint density at radius 2 is 1.94 bits per heavy atom. The second-order valence-electron chi connectivity index (χ2n) is 7.80. The summed E-state index contributed by atoms with van der Waals surface area (Å²) in [6.07, 6.45) is 0.602. The predicted octanol–water partition coefficient (Wildman–Crippen LogP) is 3.76. The average Bonchev–Trinajstić information content (AvgIpc) is 3.21. The molecule has 0 aliphatic rings. The fourth-order valence-electron chi connectivity index (χ4n) is 3.64. The molecule has 0 saturated carbocycles. The number of aromatic amines is 1. The zero-order chi connectivity index (χ0) is 24.1. The van der Waals surface area contributed by atoms with Crippen LogP contribution in [0.4, 0.5) is 5.13 Å². The van der Waals surface area contributed by atoms with Crippen LogP contribution in [0.1, 0.15) is 54.3 Å². The summed E-state index contributed by atoms with van der Waals surface area (Å²) in [5.74, 6) is -0.276. The van der Waals surface area contributed by atoms with Gasteiger partial charge in [-0.3, -0.25) is 14.4 Å². The fourth-order valence-corrected chi connectivity index (χ4v) is 4.37. The van der Waals surface area contributed by atoms with Crippen molar-refractivity contribution in [2.24, 2.45) is 0 Å². The number of aromatic nitrogens is 2. The van der Waals surface area contributed by atoms with E-state index in [9.17, 15) is 19.6 Å². The second-order valence-corrected chi connectivity index (χ2v) is 8.66. The van der Waals surface area contributed by atoms with Crippen molar-refractivity contribution in [3.8, 4) is 17.3 Å². The Bertz CT molecular complexity index is 1280. The maximum atomic E-state index is 12.5. The molecule has 0 saturated heterocycles. The lowest BCUT2D eigenvalue weighted by Gasteiger charge is -2.13. The number of nitriles is 1. The van der Waals surface area contributed by atoms with Gasteiger partial charge >= 0.3 is 0 Å². The second kappa shape index (κ2) is 10.2. The molecule has 1 unspecified atom stereocenters. The SMILES string of the molecule is CC(=O)NC(C)c1ccc(-c2csc(NC(=O)CCc3c(C)[nH]c(=O)c(C#N)c3C)n2)cc1. The normalized spacial score (nSPS) is 11.5. The lowest BCUT2D eigenvalue weighted by atomic mass is 9.99. The number of H-pyrrole nitrogens is 1. The van der Waals surface area contributed by atoms with Crippen LogP contribution >= 0.6 is 11.3 Å². The third-order valence-corrected chi connectivity index (χ3v) is 6.16.